The molecule has 6 nitrogen and oxygen atoms in total. The highest BCUT2D eigenvalue weighted by Gasteiger charge is 2.26. The average molecular weight is 490 g/mol. The molecule has 0 fully saturated rings. The van der Waals surface area contributed by atoms with Crippen LogP contribution < -0.4 is 4.74 Å². The Morgan fingerprint density at radius 3 is 2.18 bits per heavy atom. The molecule has 0 saturated heterocycles. The van der Waals surface area contributed by atoms with Gasteiger partial charge in [0.25, 0.3) is 0 Å². The summed E-state index contributed by atoms with van der Waals surface area (Å²) in [6, 6.07) is 3.60. The fraction of sp³-hybridized carbons (Fsp3) is 0.529. The summed E-state index contributed by atoms with van der Waals surface area (Å²) in [4.78, 5) is 25.7. The Bertz CT molecular complexity index is 678. The first-order valence-corrected chi connectivity index (χ1v) is 11.4. The number of amides is 2. The highest BCUT2D eigenvalue weighted by Crippen LogP contribution is 2.30. The van der Waals surface area contributed by atoms with E-state index in [2.05, 4.69) is 0 Å². The SMILES string of the molecule is CCCN(SN(C)C(=O)Oc1cc(C)c(SC)c(C)c1)C(=O)OCC(Cl)(Cl)Cl. The molecule has 158 valence electrons. The molecule has 1 aromatic carbocycles. The fourth-order valence-electron chi connectivity index (χ4n) is 2.22. The quantitative estimate of drug-likeness (QED) is 0.257. The van der Waals surface area contributed by atoms with Gasteiger partial charge in [0.1, 0.15) is 12.4 Å². The van der Waals surface area contributed by atoms with Crippen molar-refractivity contribution >= 4 is 70.9 Å². The van der Waals surface area contributed by atoms with Crippen molar-refractivity contribution in [2.24, 2.45) is 0 Å². The number of carbonyl (C=O) groups excluding carboxylic acids is 2. The zero-order chi connectivity index (χ0) is 21.5. The van der Waals surface area contributed by atoms with Gasteiger partial charge in [-0.05, 0) is 49.8 Å². The van der Waals surface area contributed by atoms with Gasteiger partial charge in [0.2, 0.25) is 3.79 Å². The first-order chi connectivity index (χ1) is 13.0. The summed E-state index contributed by atoms with van der Waals surface area (Å²) in [6.45, 7) is 5.73. The summed E-state index contributed by atoms with van der Waals surface area (Å²) < 4.78 is 11.1. The van der Waals surface area contributed by atoms with E-state index in [9.17, 15) is 9.59 Å². The second-order valence-corrected chi connectivity index (χ2v) is 10.3. The van der Waals surface area contributed by atoms with Crippen LogP contribution >= 0.6 is 58.7 Å². The molecule has 0 atom stereocenters. The number of hydrogen-bond donors (Lipinski definition) is 0. The number of alkyl halides is 3. The summed E-state index contributed by atoms with van der Waals surface area (Å²) >= 11 is 19.3. The van der Waals surface area contributed by atoms with Gasteiger partial charge in [-0.25, -0.2) is 18.2 Å². The number of ether oxygens (including phenoxy) is 2. The van der Waals surface area contributed by atoms with Gasteiger partial charge < -0.3 is 9.47 Å². The topological polar surface area (TPSA) is 59.1 Å². The van der Waals surface area contributed by atoms with Gasteiger partial charge in [-0.1, -0.05) is 41.7 Å². The van der Waals surface area contributed by atoms with E-state index in [1.54, 1.807) is 23.9 Å². The fourth-order valence-corrected chi connectivity index (χ4v) is 3.93. The first kappa shape index (κ1) is 25.4. The minimum atomic E-state index is -1.71. The summed E-state index contributed by atoms with van der Waals surface area (Å²) in [5.41, 5.74) is 2.04. The molecule has 0 bridgehead atoms. The number of aryl methyl sites for hydroxylation is 2. The van der Waals surface area contributed by atoms with E-state index < -0.39 is 22.6 Å². The largest absolute Gasteiger partial charge is 0.444 e. The van der Waals surface area contributed by atoms with Crippen molar-refractivity contribution in [3.8, 4) is 5.75 Å². The monoisotopic (exact) mass is 488 g/mol. The third-order valence-corrected chi connectivity index (χ3v) is 5.61. The number of hydrogen-bond acceptors (Lipinski definition) is 6. The molecule has 2 amide bonds. The van der Waals surface area contributed by atoms with Crippen molar-refractivity contribution in [2.75, 3.05) is 26.5 Å². The molecule has 0 radical (unpaired) electrons. The lowest BCUT2D eigenvalue weighted by Crippen LogP contribution is -2.35. The van der Waals surface area contributed by atoms with E-state index in [1.165, 1.54) is 15.7 Å². The molecule has 0 aromatic heterocycles. The number of rotatable bonds is 7. The Labute approximate surface area is 189 Å². The smallest absolute Gasteiger partial charge is 0.426 e. The van der Waals surface area contributed by atoms with Crippen LogP contribution in [0.5, 0.6) is 5.75 Å². The molecular weight excluding hydrogens is 467 g/mol. The predicted octanol–water partition coefficient (Wildman–Crippen LogP) is 6.24. The van der Waals surface area contributed by atoms with Crippen LogP contribution in [-0.4, -0.2) is 51.0 Å². The molecule has 0 aliphatic rings. The van der Waals surface area contributed by atoms with Gasteiger partial charge in [0, 0.05) is 18.5 Å². The second kappa shape index (κ2) is 11.5. The van der Waals surface area contributed by atoms with E-state index in [-0.39, 0.29) is 0 Å². The average Bonchev–Trinajstić information content (AvgIpc) is 2.58. The number of benzene rings is 1. The lowest BCUT2D eigenvalue weighted by atomic mass is 10.1. The minimum Gasteiger partial charge on any atom is -0.444 e. The molecular formula is C17H23Cl3N2O4S2. The van der Waals surface area contributed by atoms with Crippen LogP contribution in [0.4, 0.5) is 9.59 Å². The molecule has 0 saturated carbocycles. The Hall–Kier alpha value is -0.670. The van der Waals surface area contributed by atoms with Gasteiger partial charge in [0.15, 0.2) is 0 Å². The molecule has 0 spiro atoms. The lowest BCUT2D eigenvalue weighted by Gasteiger charge is -2.25. The molecule has 1 aromatic rings. The summed E-state index contributed by atoms with van der Waals surface area (Å²) in [5.74, 6) is 0.436. The number of carbonyl (C=O) groups is 2. The summed E-state index contributed by atoms with van der Waals surface area (Å²) in [7, 11) is 1.49. The maximum absolute atomic E-state index is 12.4. The highest BCUT2D eigenvalue weighted by molar-refractivity contribution is 7.98. The summed E-state index contributed by atoms with van der Waals surface area (Å²) in [6.07, 6.45) is 1.30. The van der Waals surface area contributed by atoms with Gasteiger partial charge >= 0.3 is 12.2 Å². The first-order valence-electron chi connectivity index (χ1n) is 8.28. The van der Waals surface area contributed by atoms with E-state index >= 15 is 0 Å². The van der Waals surface area contributed by atoms with Crippen molar-refractivity contribution in [1.29, 1.82) is 0 Å². The highest BCUT2D eigenvalue weighted by atomic mass is 35.6. The molecule has 1 rings (SSSR count). The maximum atomic E-state index is 12.4. The molecule has 28 heavy (non-hydrogen) atoms. The normalized spacial score (nSPS) is 11.1. The van der Waals surface area contributed by atoms with E-state index in [0.717, 1.165) is 28.2 Å². The Morgan fingerprint density at radius 2 is 1.71 bits per heavy atom. The molecule has 0 N–H and O–H groups in total. The van der Waals surface area contributed by atoms with E-state index in [1.807, 2.05) is 27.0 Å². The van der Waals surface area contributed by atoms with Crippen LogP contribution in [-0.2, 0) is 4.74 Å². The molecule has 0 heterocycles. The number of nitrogens with zero attached hydrogens (tertiary/aromatic N) is 2. The third-order valence-electron chi connectivity index (χ3n) is 3.31. The van der Waals surface area contributed by atoms with Crippen LogP contribution in [0.1, 0.15) is 24.5 Å². The lowest BCUT2D eigenvalue weighted by molar-refractivity contribution is 0.129. The van der Waals surface area contributed by atoms with Crippen molar-refractivity contribution in [1.82, 2.24) is 8.61 Å². The van der Waals surface area contributed by atoms with E-state index in [0.29, 0.717) is 18.7 Å². The number of thioether (sulfide) groups is 1. The van der Waals surface area contributed by atoms with Crippen LogP contribution in [0.3, 0.4) is 0 Å². The summed E-state index contributed by atoms with van der Waals surface area (Å²) in [5, 5.41) is 0. The predicted molar refractivity (Wildman–Crippen MR) is 118 cm³/mol. The molecule has 0 unspecified atom stereocenters. The Balaban J connectivity index is 2.76. The molecule has 11 heteroatoms. The zero-order valence-electron chi connectivity index (χ0n) is 16.3. The number of halogens is 3. The molecule has 0 aliphatic carbocycles. The third kappa shape index (κ3) is 8.37. The van der Waals surface area contributed by atoms with Crippen molar-refractivity contribution in [3.05, 3.63) is 23.3 Å². The van der Waals surface area contributed by atoms with Crippen LogP contribution in [0.25, 0.3) is 0 Å². The van der Waals surface area contributed by atoms with Gasteiger partial charge in [0.05, 0.1) is 12.1 Å². The van der Waals surface area contributed by atoms with Gasteiger partial charge in [-0.2, -0.15) is 0 Å². The minimum absolute atomic E-state index is 0.335. The van der Waals surface area contributed by atoms with Crippen molar-refractivity contribution < 1.29 is 19.1 Å². The Morgan fingerprint density at radius 1 is 1.14 bits per heavy atom. The van der Waals surface area contributed by atoms with Gasteiger partial charge in [-0.15, -0.1) is 11.8 Å². The van der Waals surface area contributed by atoms with Crippen LogP contribution in [0, 0.1) is 13.8 Å². The van der Waals surface area contributed by atoms with Crippen molar-refractivity contribution in [3.63, 3.8) is 0 Å². The molecule has 0 aliphatic heterocycles. The Kier molecular flexibility index (Phi) is 10.4. The van der Waals surface area contributed by atoms with Crippen LogP contribution in [0.15, 0.2) is 17.0 Å². The van der Waals surface area contributed by atoms with Crippen LogP contribution in [0.2, 0.25) is 0 Å². The van der Waals surface area contributed by atoms with E-state index in [4.69, 9.17) is 44.3 Å². The van der Waals surface area contributed by atoms with Gasteiger partial charge in [-0.3, -0.25) is 0 Å². The zero-order valence-corrected chi connectivity index (χ0v) is 20.2. The standard InChI is InChI=1S/C17H23Cl3N2O4S2/c1-6-7-22(16(24)25-10-17(18,19)20)28-21(4)15(23)26-13-8-11(2)14(27-5)12(3)9-13/h8-9H,6-7,10H2,1-5H3. The second-order valence-electron chi connectivity index (χ2n) is 5.81. The van der Waals surface area contributed by atoms with Crippen molar-refractivity contribution in [2.45, 2.75) is 35.9 Å². The maximum Gasteiger partial charge on any atom is 0.426 e.